The van der Waals surface area contributed by atoms with Crippen LogP contribution in [0.2, 0.25) is 0 Å². The lowest BCUT2D eigenvalue weighted by Crippen LogP contribution is -2.35. The number of nitrogens with one attached hydrogen (secondary N) is 1. The van der Waals surface area contributed by atoms with Crippen molar-refractivity contribution >= 4 is 5.97 Å². The van der Waals surface area contributed by atoms with Crippen molar-refractivity contribution < 1.29 is 27.5 Å². The van der Waals surface area contributed by atoms with E-state index in [-0.39, 0.29) is 6.54 Å². The van der Waals surface area contributed by atoms with Crippen LogP contribution in [0.25, 0.3) is 0 Å². The maximum Gasteiger partial charge on any atom is 0.416 e. The van der Waals surface area contributed by atoms with Crippen LogP contribution < -0.4 is 5.32 Å². The Morgan fingerprint density at radius 3 is 2.48 bits per heavy atom. The number of alkyl halides is 3. The third-order valence-electron chi connectivity index (χ3n) is 2.79. The number of carboxylic acid groups (broad SMARTS) is 1. The molecule has 1 aromatic rings. The van der Waals surface area contributed by atoms with Crippen LogP contribution in [0.15, 0.2) is 18.2 Å². The second kappa shape index (κ2) is 6.86. The Labute approximate surface area is 119 Å². The molecule has 21 heavy (non-hydrogen) atoms. The highest BCUT2D eigenvalue weighted by Gasteiger charge is 2.37. The number of carboxylic acids is 1. The third kappa shape index (κ3) is 4.98. The number of halogens is 4. The molecule has 0 saturated carbocycles. The molecule has 0 aliphatic rings. The molecule has 0 saturated heterocycles. The van der Waals surface area contributed by atoms with Crippen molar-refractivity contribution in [3.63, 3.8) is 0 Å². The quantitative estimate of drug-likeness (QED) is 0.791. The summed E-state index contributed by atoms with van der Waals surface area (Å²) in [6.45, 7) is 0.630. The van der Waals surface area contributed by atoms with Gasteiger partial charge in [-0.2, -0.15) is 13.2 Å². The van der Waals surface area contributed by atoms with Crippen molar-refractivity contribution in [1.82, 2.24) is 10.2 Å². The fourth-order valence-corrected chi connectivity index (χ4v) is 1.79. The van der Waals surface area contributed by atoms with E-state index in [2.05, 4.69) is 5.32 Å². The molecule has 1 rings (SSSR count). The van der Waals surface area contributed by atoms with Gasteiger partial charge in [-0.3, -0.25) is 10.1 Å². The van der Waals surface area contributed by atoms with Crippen molar-refractivity contribution in [2.45, 2.75) is 12.2 Å². The molecule has 0 heterocycles. The van der Waals surface area contributed by atoms with Gasteiger partial charge in [-0.25, -0.2) is 4.39 Å². The van der Waals surface area contributed by atoms with E-state index in [1.165, 1.54) is 0 Å². The summed E-state index contributed by atoms with van der Waals surface area (Å²) < 4.78 is 51.7. The van der Waals surface area contributed by atoms with Crippen LogP contribution in [0.5, 0.6) is 0 Å². The lowest BCUT2D eigenvalue weighted by molar-refractivity contribution is -0.142. The van der Waals surface area contributed by atoms with Crippen LogP contribution in [0, 0.1) is 5.82 Å². The average Bonchev–Trinajstić information content (AvgIpc) is 2.33. The molecule has 1 atom stereocenters. The minimum absolute atomic E-state index is 0.179. The first kappa shape index (κ1) is 17.4. The number of nitrogens with zero attached hydrogens (tertiary/aromatic N) is 1. The lowest BCUT2D eigenvalue weighted by Gasteiger charge is -2.20. The van der Waals surface area contributed by atoms with Gasteiger partial charge >= 0.3 is 12.1 Å². The summed E-state index contributed by atoms with van der Waals surface area (Å²) in [7, 11) is 3.49. The number of aliphatic carboxylic acids is 1. The van der Waals surface area contributed by atoms with Crippen LogP contribution in [0.4, 0.5) is 17.6 Å². The fourth-order valence-electron chi connectivity index (χ4n) is 1.79. The fraction of sp³-hybridized carbons (Fsp3) is 0.462. The molecule has 8 heteroatoms. The van der Waals surface area contributed by atoms with E-state index >= 15 is 0 Å². The van der Waals surface area contributed by atoms with Gasteiger partial charge in [0.1, 0.15) is 11.9 Å². The Kier molecular flexibility index (Phi) is 5.68. The molecule has 4 nitrogen and oxygen atoms in total. The minimum atomic E-state index is -4.83. The second-order valence-electron chi connectivity index (χ2n) is 4.76. The Hall–Kier alpha value is -1.67. The summed E-state index contributed by atoms with van der Waals surface area (Å²) >= 11 is 0. The largest absolute Gasteiger partial charge is 0.480 e. The zero-order chi connectivity index (χ0) is 16.2. The summed E-state index contributed by atoms with van der Waals surface area (Å²) in [5, 5.41) is 11.6. The predicted octanol–water partition coefficient (Wildman–Crippen LogP) is 2.12. The summed E-state index contributed by atoms with van der Waals surface area (Å²) in [5.74, 6) is -2.52. The molecule has 118 valence electrons. The first-order chi connectivity index (χ1) is 9.62. The Morgan fingerprint density at radius 1 is 1.38 bits per heavy atom. The Bertz CT molecular complexity index is 503. The maximum atomic E-state index is 13.0. The van der Waals surface area contributed by atoms with Gasteiger partial charge in [-0.15, -0.1) is 0 Å². The monoisotopic (exact) mass is 308 g/mol. The minimum Gasteiger partial charge on any atom is -0.480 e. The molecular formula is C13H16F4N2O2. The van der Waals surface area contributed by atoms with Gasteiger partial charge < -0.3 is 10.0 Å². The molecule has 0 amide bonds. The molecule has 0 aromatic heterocycles. The normalized spacial score (nSPS) is 13.5. The zero-order valence-electron chi connectivity index (χ0n) is 11.5. The van der Waals surface area contributed by atoms with Gasteiger partial charge in [0.25, 0.3) is 0 Å². The van der Waals surface area contributed by atoms with E-state index in [1.54, 1.807) is 19.0 Å². The average molecular weight is 308 g/mol. The lowest BCUT2D eigenvalue weighted by atomic mass is 9.99. The highest BCUT2D eigenvalue weighted by Crippen LogP contribution is 2.35. The number of likely N-dealkylation sites (N-methyl/N-ethyl adjacent to an activating group) is 1. The predicted molar refractivity (Wildman–Crippen MR) is 68.3 cm³/mol. The topological polar surface area (TPSA) is 52.6 Å². The first-order valence-corrected chi connectivity index (χ1v) is 6.10. The van der Waals surface area contributed by atoms with Crippen molar-refractivity contribution in [2.24, 2.45) is 0 Å². The SMILES string of the molecule is CN(C)CCNC(C(=O)O)c1ccc(F)cc1C(F)(F)F. The Balaban J connectivity index is 3.11. The van der Waals surface area contributed by atoms with Gasteiger partial charge in [0, 0.05) is 13.1 Å². The molecule has 1 unspecified atom stereocenters. The molecule has 0 aliphatic heterocycles. The number of hydrogen-bond donors (Lipinski definition) is 2. The zero-order valence-corrected chi connectivity index (χ0v) is 11.5. The maximum absolute atomic E-state index is 13.0. The van der Waals surface area contributed by atoms with Crippen molar-refractivity contribution in [2.75, 3.05) is 27.2 Å². The van der Waals surface area contributed by atoms with Gasteiger partial charge in [0.2, 0.25) is 0 Å². The molecule has 1 aromatic carbocycles. The van der Waals surface area contributed by atoms with Gasteiger partial charge in [-0.1, -0.05) is 6.07 Å². The molecule has 0 fully saturated rings. The van der Waals surface area contributed by atoms with E-state index in [0.29, 0.717) is 12.6 Å². The van der Waals surface area contributed by atoms with Crippen LogP contribution in [-0.4, -0.2) is 43.2 Å². The summed E-state index contributed by atoms with van der Waals surface area (Å²) in [5.41, 5.74) is -1.79. The van der Waals surface area contributed by atoms with E-state index in [9.17, 15) is 22.4 Å². The Morgan fingerprint density at radius 2 is 2.00 bits per heavy atom. The smallest absolute Gasteiger partial charge is 0.416 e. The highest BCUT2D eigenvalue weighted by molar-refractivity contribution is 5.76. The number of hydrogen-bond acceptors (Lipinski definition) is 3. The summed E-state index contributed by atoms with van der Waals surface area (Å²) in [4.78, 5) is 13.0. The van der Waals surface area contributed by atoms with Crippen molar-refractivity contribution in [1.29, 1.82) is 0 Å². The van der Waals surface area contributed by atoms with Crippen LogP contribution >= 0.6 is 0 Å². The summed E-state index contributed by atoms with van der Waals surface area (Å²) in [6.07, 6.45) is -4.83. The van der Waals surface area contributed by atoms with Crippen LogP contribution in [-0.2, 0) is 11.0 Å². The molecule has 2 N–H and O–H groups in total. The third-order valence-corrected chi connectivity index (χ3v) is 2.79. The highest BCUT2D eigenvalue weighted by atomic mass is 19.4. The summed E-state index contributed by atoms with van der Waals surface area (Å²) in [6, 6.07) is 0.411. The van der Waals surface area contributed by atoms with Crippen molar-refractivity contribution in [3.05, 3.63) is 35.1 Å². The van der Waals surface area contributed by atoms with Crippen molar-refractivity contribution in [3.8, 4) is 0 Å². The number of carbonyl (C=O) groups is 1. The van der Waals surface area contributed by atoms with E-state index in [0.717, 1.165) is 12.1 Å². The van der Waals surface area contributed by atoms with Gasteiger partial charge in [0.15, 0.2) is 0 Å². The molecule has 0 bridgehead atoms. The van der Waals surface area contributed by atoms with Crippen LogP contribution in [0.1, 0.15) is 17.2 Å². The van der Waals surface area contributed by atoms with Gasteiger partial charge in [-0.05, 0) is 31.8 Å². The molecule has 0 aliphatic carbocycles. The molecule has 0 spiro atoms. The molecular weight excluding hydrogens is 292 g/mol. The van der Waals surface area contributed by atoms with Gasteiger partial charge in [0.05, 0.1) is 5.56 Å². The van der Waals surface area contributed by atoms with E-state index < -0.39 is 35.1 Å². The van der Waals surface area contributed by atoms with E-state index in [1.807, 2.05) is 0 Å². The number of rotatable bonds is 6. The first-order valence-electron chi connectivity index (χ1n) is 6.10. The second-order valence-corrected chi connectivity index (χ2v) is 4.76. The van der Waals surface area contributed by atoms with Crippen LogP contribution in [0.3, 0.4) is 0 Å². The standard InChI is InChI=1S/C13H16F4N2O2/c1-19(2)6-5-18-11(12(20)21)9-4-3-8(14)7-10(9)13(15,16)17/h3-4,7,11,18H,5-6H2,1-2H3,(H,20,21). The molecule has 0 radical (unpaired) electrons. The number of benzene rings is 1. The van der Waals surface area contributed by atoms with E-state index in [4.69, 9.17) is 5.11 Å².